The van der Waals surface area contributed by atoms with Crippen LogP contribution in [0.2, 0.25) is 0 Å². The monoisotopic (exact) mass is 177 g/mol. The molecule has 0 aliphatic heterocycles. The summed E-state index contributed by atoms with van der Waals surface area (Å²) < 4.78 is 7.38. The third-order valence-corrected chi connectivity index (χ3v) is 1.88. The Morgan fingerprint density at radius 2 is 2.31 bits per heavy atom. The van der Waals surface area contributed by atoms with Crippen LogP contribution in [0.4, 0.5) is 0 Å². The number of nitrogens with zero attached hydrogens (tertiary/aromatic N) is 3. The predicted octanol–water partition coefficient (Wildman–Crippen LogP) is 1.54. The van der Waals surface area contributed by atoms with E-state index in [1.807, 2.05) is 24.6 Å². The molecule has 0 amide bonds. The fourth-order valence-electron chi connectivity index (χ4n) is 1.27. The minimum absolute atomic E-state index is 0.701. The summed E-state index contributed by atoms with van der Waals surface area (Å²) in [6.07, 6.45) is 5.41. The minimum Gasteiger partial charge on any atom is -0.444 e. The molecule has 13 heavy (non-hydrogen) atoms. The van der Waals surface area contributed by atoms with Crippen LogP contribution in [0.5, 0.6) is 0 Å². The van der Waals surface area contributed by atoms with Crippen molar-refractivity contribution < 1.29 is 4.42 Å². The number of imidazole rings is 1. The highest BCUT2D eigenvalue weighted by Crippen LogP contribution is 2.10. The van der Waals surface area contributed by atoms with Crippen LogP contribution in [0.25, 0.3) is 0 Å². The molecule has 0 atom stereocenters. The van der Waals surface area contributed by atoms with Gasteiger partial charge in [0.2, 0.25) is 0 Å². The van der Waals surface area contributed by atoms with Gasteiger partial charge in [0.1, 0.15) is 5.76 Å². The Morgan fingerprint density at radius 3 is 2.85 bits per heavy atom. The van der Waals surface area contributed by atoms with Gasteiger partial charge in [-0.25, -0.2) is 9.97 Å². The van der Waals surface area contributed by atoms with Crippen molar-refractivity contribution in [3.8, 4) is 0 Å². The van der Waals surface area contributed by atoms with Gasteiger partial charge >= 0.3 is 0 Å². The third kappa shape index (κ3) is 1.61. The summed E-state index contributed by atoms with van der Waals surface area (Å²) in [6, 6.07) is 0. The molecule has 0 fully saturated rings. The van der Waals surface area contributed by atoms with Gasteiger partial charge in [0.25, 0.3) is 0 Å². The van der Waals surface area contributed by atoms with E-state index in [0.717, 1.165) is 11.5 Å². The van der Waals surface area contributed by atoms with Crippen LogP contribution in [0.1, 0.15) is 17.3 Å². The first kappa shape index (κ1) is 8.04. The molecule has 4 nitrogen and oxygen atoms in total. The van der Waals surface area contributed by atoms with Gasteiger partial charge in [0.05, 0.1) is 18.6 Å². The van der Waals surface area contributed by atoms with E-state index in [0.29, 0.717) is 12.4 Å². The highest BCUT2D eigenvalue weighted by molar-refractivity contribution is 5.07. The zero-order chi connectivity index (χ0) is 9.26. The number of hydrogen-bond acceptors (Lipinski definition) is 3. The Hall–Kier alpha value is -1.58. The second-order valence-electron chi connectivity index (χ2n) is 2.98. The fraction of sp³-hybridized carbons (Fsp3) is 0.333. The predicted molar refractivity (Wildman–Crippen MR) is 47.3 cm³/mol. The normalized spacial score (nSPS) is 10.6. The quantitative estimate of drug-likeness (QED) is 0.698. The minimum atomic E-state index is 0.701. The molecule has 0 radical (unpaired) electrons. The first-order valence-corrected chi connectivity index (χ1v) is 4.14. The molecule has 0 saturated carbocycles. The fourth-order valence-corrected chi connectivity index (χ4v) is 1.27. The molecule has 4 heteroatoms. The summed E-state index contributed by atoms with van der Waals surface area (Å²) in [5.41, 5.74) is 0.950. The topological polar surface area (TPSA) is 43.9 Å². The molecule has 0 spiro atoms. The first-order chi connectivity index (χ1) is 6.25. The molecule has 0 aliphatic rings. The average Bonchev–Trinajstić information content (AvgIpc) is 2.63. The van der Waals surface area contributed by atoms with Crippen molar-refractivity contribution in [2.75, 3.05) is 0 Å². The third-order valence-electron chi connectivity index (χ3n) is 1.88. The highest BCUT2D eigenvalue weighted by Gasteiger charge is 2.06. The van der Waals surface area contributed by atoms with Crippen molar-refractivity contribution in [3.05, 3.63) is 36.1 Å². The molecule has 2 aromatic rings. The lowest BCUT2D eigenvalue weighted by Gasteiger charge is -1.97. The Labute approximate surface area is 76.2 Å². The number of aryl methyl sites for hydroxylation is 2. The van der Waals surface area contributed by atoms with Crippen LogP contribution in [0, 0.1) is 13.8 Å². The van der Waals surface area contributed by atoms with Gasteiger partial charge in [0, 0.05) is 19.3 Å². The lowest BCUT2D eigenvalue weighted by Crippen LogP contribution is -1.96. The molecule has 0 N–H and O–H groups in total. The van der Waals surface area contributed by atoms with E-state index in [2.05, 4.69) is 9.97 Å². The van der Waals surface area contributed by atoms with E-state index in [4.69, 9.17) is 4.42 Å². The summed E-state index contributed by atoms with van der Waals surface area (Å²) in [5, 5.41) is 0. The van der Waals surface area contributed by atoms with Gasteiger partial charge in [0.15, 0.2) is 5.89 Å². The molecule has 68 valence electrons. The molecule has 0 saturated heterocycles. The van der Waals surface area contributed by atoms with Crippen LogP contribution in [-0.4, -0.2) is 14.5 Å². The van der Waals surface area contributed by atoms with E-state index in [9.17, 15) is 0 Å². The smallest absolute Gasteiger partial charge is 0.191 e. The zero-order valence-corrected chi connectivity index (χ0v) is 7.69. The van der Waals surface area contributed by atoms with Crippen LogP contribution >= 0.6 is 0 Å². The van der Waals surface area contributed by atoms with Gasteiger partial charge in [-0.2, -0.15) is 0 Å². The van der Waals surface area contributed by atoms with Crippen molar-refractivity contribution in [1.29, 1.82) is 0 Å². The lowest BCUT2D eigenvalue weighted by atomic mass is 10.4. The largest absolute Gasteiger partial charge is 0.444 e. The zero-order valence-electron chi connectivity index (χ0n) is 7.69. The summed E-state index contributed by atoms with van der Waals surface area (Å²) >= 11 is 0. The summed E-state index contributed by atoms with van der Waals surface area (Å²) in [6.45, 7) is 4.50. The number of hydrogen-bond donors (Lipinski definition) is 0. The van der Waals surface area contributed by atoms with E-state index < -0.39 is 0 Å². The van der Waals surface area contributed by atoms with E-state index in [-0.39, 0.29) is 0 Å². The Morgan fingerprint density at radius 1 is 1.46 bits per heavy atom. The molecular formula is C9H11N3O. The van der Waals surface area contributed by atoms with Crippen LogP contribution in [-0.2, 0) is 6.54 Å². The molecule has 0 aromatic carbocycles. The Bertz CT molecular complexity index is 389. The SMILES string of the molecule is Cc1nc(C)c(Cn2ccnc2)o1. The van der Waals surface area contributed by atoms with Gasteiger partial charge in [-0.1, -0.05) is 0 Å². The van der Waals surface area contributed by atoms with Crippen LogP contribution < -0.4 is 0 Å². The molecule has 0 aliphatic carbocycles. The maximum Gasteiger partial charge on any atom is 0.191 e. The number of aromatic nitrogens is 3. The van der Waals surface area contributed by atoms with E-state index >= 15 is 0 Å². The molecule has 2 rings (SSSR count). The summed E-state index contributed by atoms with van der Waals surface area (Å²) in [4.78, 5) is 8.15. The van der Waals surface area contributed by atoms with Gasteiger partial charge in [-0.3, -0.25) is 0 Å². The summed E-state index contributed by atoms with van der Waals surface area (Å²) in [7, 11) is 0. The molecule has 0 bridgehead atoms. The van der Waals surface area contributed by atoms with E-state index in [1.165, 1.54) is 0 Å². The van der Waals surface area contributed by atoms with Crippen LogP contribution in [0.3, 0.4) is 0 Å². The van der Waals surface area contributed by atoms with Crippen molar-refractivity contribution in [1.82, 2.24) is 14.5 Å². The maximum atomic E-state index is 5.43. The molecule has 2 aromatic heterocycles. The number of rotatable bonds is 2. The van der Waals surface area contributed by atoms with Crippen molar-refractivity contribution >= 4 is 0 Å². The Kier molecular flexibility index (Phi) is 1.88. The molecule has 2 heterocycles. The lowest BCUT2D eigenvalue weighted by molar-refractivity contribution is 0.461. The second-order valence-corrected chi connectivity index (χ2v) is 2.98. The van der Waals surface area contributed by atoms with E-state index in [1.54, 1.807) is 12.5 Å². The number of oxazole rings is 1. The first-order valence-electron chi connectivity index (χ1n) is 4.14. The van der Waals surface area contributed by atoms with Crippen molar-refractivity contribution in [3.63, 3.8) is 0 Å². The average molecular weight is 177 g/mol. The van der Waals surface area contributed by atoms with Gasteiger partial charge < -0.3 is 8.98 Å². The standard InChI is InChI=1S/C9H11N3O/c1-7-9(13-8(2)11-7)5-12-4-3-10-6-12/h3-4,6H,5H2,1-2H3. The second kappa shape index (κ2) is 3.05. The van der Waals surface area contributed by atoms with Gasteiger partial charge in [-0.15, -0.1) is 0 Å². The molecule has 0 unspecified atom stereocenters. The summed E-state index contributed by atoms with van der Waals surface area (Å²) in [5.74, 6) is 1.61. The molecular weight excluding hydrogens is 166 g/mol. The highest BCUT2D eigenvalue weighted by atomic mass is 16.4. The van der Waals surface area contributed by atoms with Crippen molar-refractivity contribution in [2.24, 2.45) is 0 Å². The van der Waals surface area contributed by atoms with Crippen LogP contribution in [0.15, 0.2) is 23.1 Å². The van der Waals surface area contributed by atoms with Crippen molar-refractivity contribution in [2.45, 2.75) is 20.4 Å². The van der Waals surface area contributed by atoms with Gasteiger partial charge in [-0.05, 0) is 6.92 Å². The maximum absolute atomic E-state index is 5.43. The Balaban J connectivity index is 2.23.